The molecule has 0 aliphatic rings. The van der Waals surface area contributed by atoms with Crippen molar-refractivity contribution < 1.29 is 4.42 Å². The van der Waals surface area contributed by atoms with E-state index in [9.17, 15) is 0 Å². The normalized spacial score (nSPS) is 11.8. The van der Waals surface area contributed by atoms with Crippen LogP contribution in [0.25, 0.3) is 88.3 Å². The van der Waals surface area contributed by atoms with Gasteiger partial charge in [-0.2, -0.15) is 0 Å². The maximum Gasteiger partial charge on any atom is 0.227 e. The van der Waals surface area contributed by atoms with Crippen LogP contribution in [0.2, 0.25) is 0 Å². The van der Waals surface area contributed by atoms with Crippen LogP contribution in [-0.4, -0.2) is 4.98 Å². The largest absolute Gasteiger partial charge is 0.436 e. The molecule has 0 aliphatic heterocycles. The van der Waals surface area contributed by atoms with Crippen LogP contribution in [-0.2, 0) is 0 Å². The number of rotatable bonds is 4. The smallest absolute Gasteiger partial charge is 0.227 e. The van der Waals surface area contributed by atoms with Crippen LogP contribution in [0.15, 0.2) is 132 Å². The molecule has 0 fully saturated rings. The molecule has 0 aliphatic carbocycles. The Balaban J connectivity index is 1.45. The van der Waals surface area contributed by atoms with E-state index in [4.69, 9.17) is 9.40 Å². The van der Waals surface area contributed by atoms with Gasteiger partial charge in [-0.25, -0.2) is 4.98 Å². The first-order valence-corrected chi connectivity index (χ1v) is 16.3. The fraction of sp³-hybridized carbons (Fsp3) is 0.0889. The van der Waals surface area contributed by atoms with Crippen LogP contribution in [0.1, 0.15) is 22.3 Å². The van der Waals surface area contributed by atoms with Gasteiger partial charge in [-0.3, -0.25) is 0 Å². The quantitative estimate of drug-likeness (QED) is 0.187. The van der Waals surface area contributed by atoms with Gasteiger partial charge in [0.2, 0.25) is 5.89 Å². The lowest BCUT2D eigenvalue weighted by Gasteiger charge is -2.21. The topological polar surface area (TPSA) is 26.0 Å². The summed E-state index contributed by atoms with van der Waals surface area (Å²) in [5.41, 5.74) is 14.9. The van der Waals surface area contributed by atoms with Crippen molar-refractivity contribution in [1.82, 2.24) is 4.98 Å². The molecule has 0 saturated carbocycles. The first kappa shape index (κ1) is 27.6. The van der Waals surface area contributed by atoms with Crippen LogP contribution in [0, 0.1) is 27.7 Å². The maximum absolute atomic E-state index is 6.53. The second kappa shape index (κ2) is 10.4. The van der Waals surface area contributed by atoms with Crippen LogP contribution in [0.4, 0.5) is 0 Å². The summed E-state index contributed by atoms with van der Waals surface area (Å²) in [5, 5.41) is 7.39. The Hall–Kier alpha value is -5.73. The Kier molecular flexibility index (Phi) is 6.10. The molecule has 9 rings (SSSR count). The van der Waals surface area contributed by atoms with E-state index in [1.165, 1.54) is 77.0 Å². The lowest BCUT2D eigenvalue weighted by atomic mass is 9.82. The SMILES string of the molecule is Cc1ccc(-c2cc(-c3ccc(C)cc3)c3ccc4c(-c5nc6ccc(C)cc6o5)cc(-c5ccc(C)cc5)c5ccc2c3c54)cc1. The Morgan fingerprint density at radius 1 is 0.383 bits per heavy atom. The van der Waals surface area contributed by atoms with Crippen LogP contribution in [0.3, 0.4) is 0 Å². The maximum atomic E-state index is 6.53. The van der Waals surface area contributed by atoms with Gasteiger partial charge in [0.25, 0.3) is 0 Å². The molecule has 0 saturated heterocycles. The summed E-state index contributed by atoms with van der Waals surface area (Å²) in [6.07, 6.45) is 0. The van der Waals surface area contributed by atoms with Gasteiger partial charge < -0.3 is 4.42 Å². The molecule has 1 aromatic heterocycles. The molecule has 0 radical (unpaired) electrons. The highest BCUT2D eigenvalue weighted by atomic mass is 16.3. The molecule has 0 atom stereocenters. The number of aryl methyl sites for hydroxylation is 4. The number of fused-ring (bicyclic) bond motifs is 1. The van der Waals surface area contributed by atoms with Crippen molar-refractivity contribution in [2.75, 3.05) is 0 Å². The first-order valence-electron chi connectivity index (χ1n) is 16.3. The molecule has 0 bridgehead atoms. The van der Waals surface area contributed by atoms with Gasteiger partial charge in [0.1, 0.15) is 5.52 Å². The molecule has 0 N–H and O–H groups in total. The second-order valence-corrected chi connectivity index (χ2v) is 13.1. The average molecular weight is 604 g/mol. The van der Waals surface area contributed by atoms with Gasteiger partial charge in [-0.15, -0.1) is 0 Å². The van der Waals surface area contributed by atoms with E-state index in [-0.39, 0.29) is 0 Å². The van der Waals surface area contributed by atoms with Gasteiger partial charge in [-0.1, -0.05) is 120 Å². The Morgan fingerprint density at radius 2 is 0.766 bits per heavy atom. The van der Waals surface area contributed by atoms with Crippen molar-refractivity contribution in [3.63, 3.8) is 0 Å². The van der Waals surface area contributed by atoms with Gasteiger partial charge in [-0.05, 0) is 123 Å². The Bertz CT molecular complexity index is 2560. The summed E-state index contributed by atoms with van der Waals surface area (Å²) in [6, 6.07) is 46.8. The average Bonchev–Trinajstić information content (AvgIpc) is 3.51. The van der Waals surface area contributed by atoms with Gasteiger partial charge in [0.05, 0.1) is 0 Å². The van der Waals surface area contributed by atoms with E-state index in [0.29, 0.717) is 5.89 Å². The van der Waals surface area contributed by atoms with Crippen molar-refractivity contribution in [2.24, 2.45) is 0 Å². The predicted octanol–water partition coefficient (Wildman–Crippen LogP) is 12.6. The summed E-state index contributed by atoms with van der Waals surface area (Å²) in [6.45, 7) is 8.52. The standard InChI is InChI=1S/C45H33NO/c1-26-5-12-30(13-6-26)37-24-38(31-14-7-27(2)8-15-31)34-20-21-36-40(45-46-41-22-11-29(4)23-42(41)47-45)25-39(32-16-9-28(3)10-17-32)35-19-18-33(37)43(34)44(35)36/h5-25H,1-4H3. The van der Waals surface area contributed by atoms with Crippen molar-refractivity contribution in [2.45, 2.75) is 27.7 Å². The van der Waals surface area contributed by atoms with Crippen molar-refractivity contribution in [3.05, 3.63) is 150 Å². The van der Waals surface area contributed by atoms with Crippen molar-refractivity contribution >= 4 is 43.4 Å². The number of hydrogen-bond acceptors (Lipinski definition) is 2. The zero-order valence-electron chi connectivity index (χ0n) is 27.0. The van der Waals surface area contributed by atoms with E-state index >= 15 is 0 Å². The monoisotopic (exact) mass is 603 g/mol. The van der Waals surface area contributed by atoms with Crippen molar-refractivity contribution in [3.8, 4) is 44.8 Å². The highest BCUT2D eigenvalue weighted by molar-refractivity contribution is 6.31. The molecule has 224 valence electrons. The molecule has 0 unspecified atom stereocenters. The molecule has 9 aromatic rings. The molecule has 2 nitrogen and oxygen atoms in total. The van der Waals surface area contributed by atoms with E-state index in [0.717, 1.165) is 27.6 Å². The number of hydrogen-bond donors (Lipinski definition) is 0. The third-order valence-corrected chi connectivity index (χ3v) is 9.76. The highest BCUT2D eigenvalue weighted by Crippen LogP contribution is 2.48. The second-order valence-electron chi connectivity index (χ2n) is 13.1. The van der Waals surface area contributed by atoms with Gasteiger partial charge in [0, 0.05) is 5.56 Å². The van der Waals surface area contributed by atoms with Crippen LogP contribution in [0.5, 0.6) is 0 Å². The molecule has 0 spiro atoms. The molecule has 8 aromatic carbocycles. The van der Waals surface area contributed by atoms with E-state index < -0.39 is 0 Å². The minimum Gasteiger partial charge on any atom is -0.436 e. The Labute approximate surface area is 274 Å². The molecule has 47 heavy (non-hydrogen) atoms. The number of oxazole rings is 1. The molecule has 1 heterocycles. The summed E-state index contributed by atoms with van der Waals surface area (Å²) in [4.78, 5) is 5.04. The zero-order valence-corrected chi connectivity index (χ0v) is 27.0. The summed E-state index contributed by atoms with van der Waals surface area (Å²) < 4.78 is 6.53. The van der Waals surface area contributed by atoms with E-state index in [2.05, 4.69) is 155 Å². The lowest BCUT2D eigenvalue weighted by molar-refractivity contribution is 0.620. The summed E-state index contributed by atoms with van der Waals surface area (Å²) >= 11 is 0. The molecule has 2 heteroatoms. The lowest BCUT2D eigenvalue weighted by Crippen LogP contribution is -1.94. The fourth-order valence-corrected chi connectivity index (χ4v) is 7.23. The number of benzene rings is 8. The predicted molar refractivity (Wildman–Crippen MR) is 198 cm³/mol. The first-order chi connectivity index (χ1) is 22.9. The van der Waals surface area contributed by atoms with E-state index in [1.54, 1.807) is 0 Å². The van der Waals surface area contributed by atoms with Crippen LogP contribution < -0.4 is 0 Å². The van der Waals surface area contributed by atoms with Gasteiger partial charge >= 0.3 is 0 Å². The minimum absolute atomic E-state index is 0.648. The molecule has 0 amide bonds. The summed E-state index contributed by atoms with van der Waals surface area (Å²) in [7, 11) is 0. The van der Waals surface area contributed by atoms with Crippen LogP contribution >= 0.6 is 0 Å². The number of aromatic nitrogens is 1. The van der Waals surface area contributed by atoms with E-state index in [1.807, 2.05) is 0 Å². The third-order valence-electron chi connectivity index (χ3n) is 9.76. The molecular weight excluding hydrogens is 571 g/mol. The third kappa shape index (κ3) is 4.44. The van der Waals surface area contributed by atoms with Crippen molar-refractivity contribution in [1.29, 1.82) is 0 Å². The minimum atomic E-state index is 0.648. The Morgan fingerprint density at radius 3 is 1.21 bits per heavy atom. The number of nitrogens with zero attached hydrogens (tertiary/aromatic N) is 1. The zero-order chi connectivity index (χ0) is 31.8. The highest BCUT2D eigenvalue weighted by Gasteiger charge is 2.22. The van der Waals surface area contributed by atoms with Gasteiger partial charge in [0.15, 0.2) is 5.58 Å². The fourth-order valence-electron chi connectivity index (χ4n) is 7.23. The summed E-state index contributed by atoms with van der Waals surface area (Å²) in [5.74, 6) is 0.648. The molecular formula is C45H33NO.